The second-order valence-corrected chi connectivity index (χ2v) is 5.94. The van der Waals surface area contributed by atoms with Crippen LogP contribution in [-0.4, -0.2) is 25.3 Å². The molecule has 2 aromatic heterocycles. The van der Waals surface area contributed by atoms with Gasteiger partial charge in [-0.25, -0.2) is 13.1 Å². The molecule has 0 saturated carbocycles. The van der Waals surface area contributed by atoms with Gasteiger partial charge in [0.2, 0.25) is 10.0 Å². The van der Waals surface area contributed by atoms with Crippen molar-refractivity contribution < 1.29 is 17.5 Å². The summed E-state index contributed by atoms with van der Waals surface area (Å²) >= 11 is 0. The second-order valence-electron chi connectivity index (χ2n) is 4.24. The largest absolute Gasteiger partial charge is 0.361 e. The smallest absolute Gasteiger partial charge is 0.245 e. The molecule has 8 heteroatoms. The molecule has 19 heavy (non-hydrogen) atoms. The highest BCUT2D eigenvalue weighted by Crippen LogP contribution is 2.18. The molecule has 0 unspecified atom stereocenters. The minimum absolute atomic E-state index is 0.0984. The Bertz CT molecular complexity index is 652. The molecule has 0 amide bonds. The Labute approximate surface area is 111 Å². The van der Waals surface area contributed by atoms with E-state index in [0.29, 0.717) is 17.9 Å². The molecular formula is C11H15N3O4S. The first-order chi connectivity index (χ1) is 8.90. The fourth-order valence-corrected chi connectivity index (χ4v) is 3.13. The predicted octanol–water partition coefficient (Wildman–Crippen LogP) is 1.11. The fraction of sp³-hybridized carbons (Fsp3) is 0.455. The number of rotatable bonds is 5. The maximum absolute atomic E-state index is 12.1. The van der Waals surface area contributed by atoms with Crippen LogP contribution in [0.25, 0.3) is 0 Å². The SMILES string of the molecule is Cc1cc(CCNS(=O)(=O)c2c(C)noc2C)on1. The maximum Gasteiger partial charge on any atom is 0.245 e. The van der Waals surface area contributed by atoms with Gasteiger partial charge in [-0.05, 0) is 20.8 Å². The Morgan fingerprint density at radius 2 is 1.95 bits per heavy atom. The summed E-state index contributed by atoms with van der Waals surface area (Å²) in [6, 6.07) is 1.77. The quantitative estimate of drug-likeness (QED) is 0.883. The average molecular weight is 285 g/mol. The van der Waals surface area contributed by atoms with Crippen molar-refractivity contribution in [3.8, 4) is 0 Å². The van der Waals surface area contributed by atoms with Crippen LogP contribution in [-0.2, 0) is 16.4 Å². The summed E-state index contributed by atoms with van der Waals surface area (Å²) in [5, 5.41) is 7.36. The summed E-state index contributed by atoms with van der Waals surface area (Å²) in [4.78, 5) is 0.0984. The zero-order valence-corrected chi connectivity index (χ0v) is 11.7. The molecular weight excluding hydrogens is 270 g/mol. The minimum atomic E-state index is -3.61. The van der Waals surface area contributed by atoms with Crippen LogP contribution in [0.2, 0.25) is 0 Å². The Hall–Kier alpha value is -1.67. The van der Waals surface area contributed by atoms with Crippen molar-refractivity contribution in [2.24, 2.45) is 0 Å². The van der Waals surface area contributed by atoms with Crippen LogP contribution >= 0.6 is 0 Å². The molecule has 0 saturated heterocycles. The molecule has 0 radical (unpaired) electrons. The molecule has 0 aliphatic heterocycles. The first kappa shape index (κ1) is 13.8. The highest BCUT2D eigenvalue weighted by molar-refractivity contribution is 7.89. The second kappa shape index (κ2) is 5.14. The number of nitrogens with one attached hydrogen (secondary N) is 1. The van der Waals surface area contributed by atoms with Crippen LogP contribution in [0.3, 0.4) is 0 Å². The van der Waals surface area contributed by atoms with Gasteiger partial charge in [0.15, 0.2) is 5.76 Å². The summed E-state index contributed by atoms with van der Waals surface area (Å²) in [6.07, 6.45) is 0.434. The molecule has 0 atom stereocenters. The predicted molar refractivity (Wildman–Crippen MR) is 66.1 cm³/mol. The van der Waals surface area contributed by atoms with Gasteiger partial charge < -0.3 is 9.05 Å². The first-order valence-corrected chi connectivity index (χ1v) is 7.23. The zero-order chi connectivity index (χ0) is 14.0. The van der Waals surface area contributed by atoms with Gasteiger partial charge in [0.1, 0.15) is 16.3 Å². The highest BCUT2D eigenvalue weighted by atomic mass is 32.2. The van der Waals surface area contributed by atoms with E-state index in [9.17, 15) is 8.42 Å². The monoisotopic (exact) mass is 285 g/mol. The van der Waals surface area contributed by atoms with Crippen LogP contribution in [0, 0.1) is 20.8 Å². The third-order valence-electron chi connectivity index (χ3n) is 2.58. The van der Waals surface area contributed by atoms with Gasteiger partial charge in [-0.2, -0.15) is 0 Å². The molecule has 0 aliphatic carbocycles. The van der Waals surface area contributed by atoms with E-state index in [1.165, 1.54) is 0 Å². The van der Waals surface area contributed by atoms with Gasteiger partial charge in [-0.15, -0.1) is 0 Å². The van der Waals surface area contributed by atoms with E-state index in [-0.39, 0.29) is 17.2 Å². The lowest BCUT2D eigenvalue weighted by molar-refractivity contribution is 0.379. The van der Waals surface area contributed by atoms with E-state index in [2.05, 4.69) is 15.0 Å². The Morgan fingerprint density at radius 3 is 2.47 bits per heavy atom. The molecule has 0 fully saturated rings. The van der Waals surface area contributed by atoms with Gasteiger partial charge in [0.25, 0.3) is 0 Å². The molecule has 2 aromatic rings. The number of hydrogen-bond acceptors (Lipinski definition) is 6. The summed E-state index contributed by atoms with van der Waals surface area (Å²) < 4.78 is 36.5. The van der Waals surface area contributed by atoms with Crippen LogP contribution in [0.15, 0.2) is 20.0 Å². The van der Waals surface area contributed by atoms with E-state index in [1.807, 2.05) is 0 Å². The zero-order valence-electron chi connectivity index (χ0n) is 10.9. The third-order valence-corrected chi connectivity index (χ3v) is 4.28. The summed E-state index contributed by atoms with van der Waals surface area (Å²) in [7, 11) is -3.61. The molecule has 0 aromatic carbocycles. The summed E-state index contributed by atoms with van der Waals surface area (Å²) in [5.41, 5.74) is 1.11. The molecule has 0 bridgehead atoms. The van der Waals surface area contributed by atoms with Crippen molar-refractivity contribution in [3.63, 3.8) is 0 Å². The van der Waals surface area contributed by atoms with E-state index in [0.717, 1.165) is 5.69 Å². The van der Waals surface area contributed by atoms with Crippen molar-refractivity contribution >= 4 is 10.0 Å². The standard InChI is InChI=1S/C11H15N3O4S/c1-7-6-10(18-13-7)4-5-12-19(15,16)11-8(2)14-17-9(11)3/h6,12H,4-5H2,1-3H3. The lowest BCUT2D eigenvalue weighted by Crippen LogP contribution is -2.26. The topological polar surface area (TPSA) is 98.2 Å². The Morgan fingerprint density at radius 1 is 1.21 bits per heavy atom. The van der Waals surface area contributed by atoms with Gasteiger partial charge in [0.05, 0.1) is 5.69 Å². The van der Waals surface area contributed by atoms with Gasteiger partial charge in [0, 0.05) is 19.0 Å². The summed E-state index contributed by atoms with van der Waals surface area (Å²) in [6.45, 7) is 5.18. The number of aryl methyl sites for hydroxylation is 3. The van der Waals surface area contributed by atoms with Gasteiger partial charge in [-0.1, -0.05) is 10.3 Å². The fourth-order valence-electron chi connectivity index (χ4n) is 1.77. The van der Waals surface area contributed by atoms with Crippen molar-refractivity contribution in [3.05, 3.63) is 29.0 Å². The van der Waals surface area contributed by atoms with E-state index < -0.39 is 10.0 Å². The lowest BCUT2D eigenvalue weighted by atomic mass is 10.3. The molecule has 0 aliphatic rings. The molecule has 104 valence electrons. The molecule has 7 nitrogen and oxygen atoms in total. The van der Waals surface area contributed by atoms with Crippen molar-refractivity contribution in [2.45, 2.75) is 32.1 Å². The molecule has 2 rings (SSSR count). The van der Waals surface area contributed by atoms with E-state index >= 15 is 0 Å². The first-order valence-electron chi connectivity index (χ1n) is 5.75. The maximum atomic E-state index is 12.1. The number of aromatic nitrogens is 2. The number of hydrogen-bond donors (Lipinski definition) is 1. The normalized spacial score (nSPS) is 11.9. The van der Waals surface area contributed by atoms with Crippen LogP contribution in [0.4, 0.5) is 0 Å². The third kappa shape index (κ3) is 3.02. The van der Waals surface area contributed by atoms with Crippen molar-refractivity contribution in [1.29, 1.82) is 0 Å². The summed E-state index contributed by atoms with van der Waals surface area (Å²) in [5.74, 6) is 0.916. The number of nitrogens with zero attached hydrogens (tertiary/aromatic N) is 2. The highest BCUT2D eigenvalue weighted by Gasteiger charge is 2.23. The van der Waals surface area contributed by atoms with Crippen LogP contribution in [0.5, 0.6) is 0 Å². The van der Waals surface area contributed by atoms with Crippen LogP contribution in [0.1, 0.15) is 22.9 Å². The van der Waals surface area contributed by atoms with Crippen LogP contribution < -0.4 is 4.72 Å². The molecule has 1 N–H and O–H groups in total. The Kier molecular flexibility index (Phi) is 3.72. The van der Waals surface area contributed by atoms with E-state index in [1.54, 1.807) is 26.8 Å². The van der Waals surface area contributed by atoms with Crippen molar-refractivity contribution in [2.75, 3.05) is 6.54 Å². The molecule has 2 heterocycles. The average Bonchev–Trinajstić information content (AvgIpc) is 2.86. The molecule has 0 spiro atoms. The lowest BCUT2D eigenvalue weighted by Gasteiger charge is -2.04. The minimum Gasteiger partial charge on any atom is -0.361 e. The Balaban J connectivity index is 2.03. The van der Waals surface area contributed by atoms with E-state index in [4.69, 9.17) is 9.05 Å². The van der Waals surface area contributed by atoms with Gasteiger partial charge >= 0.3 is 0 Å². The number of sulfonamides is 1. The van der Waals surface area contributed by atoms with Gasteiger partial charge in [-0.3, -0.25) is 0 Å². The van der Waals surface area contributed by atoms with Crippen molar-refractivity contribution in [1.82, 2.24) is 15.0 Å².